The SMILES string of the molecule is CCOc1ccc(OC(=O)c2c(F)cc(-c3ccc(CC(C)c4ccccc4)cc3)cc2F)cc1F. The van der Waals surface area contributed by atoms with Gasteiger partial charge in [0.15, 0.2) is 11.6 Å². The summed E-state index contributed by atoms with van der Waals surface area (Å²) in [5.41, 5.74) is 2.38. The number of hydrogen-bond acceptors (Lipinski definition) is 3. The highest BCUT2D eigenvalue weighted by Gasteiger charge is 2.22. The average Bonchev–Trinajstić information content (AvgIpc) is 2.86. The van der Waals surface area contributed by atoms with E-state index in [0.717, 1.165) is 30.2 Å². The van der Waals surface area contributed by atoms with Gasteiger partial charge in [0.05, 0.1) is 6.61 Å². The molecule has 36 heavy (non-hydrogen) atoms. The summed E-state index contributed by atoms with van der Waals surface area (Å²) in [6.07, 6.45) is 0.823. The molecule has 0 saturated heterocycles. The summed E-state index contributed by atoms with van der Waals surface area (Å²) in [6, 6.07) is 23.3. The number of carbonyl (C=O) groups excluding carboxylic acids is 1. The highest BCUT2D eigenvalue weighted by Crippen LogP contribution is 2.28. The average molecular weight is 491 g/mol. The van der Waals surface area contributed by atoms with Crippen LogP contribution in [0.2, 0.25) is 0 Å². The van der Waals surface area contributed by atoms with Crippen LogP contribution in [-0.2, 0) is 6.42 Å². The lowest BCUT2D eigenvalue weighted by molar-refractivity contribution is 0.0724. The van der Waals surface area contributed by atoms with Crippen LogP contribution in [0.5, 0.6) is 11.5 Å². The fraction of sp³-hybridized carbons (Fsp3) is 0.167. The maximum atomic E-state index is 14.8. The van der Waals surface area contributed by atoms with Crippen LogP contribution in [0.25, 0.3) is 11.1 Å². The summed E-state index contributed by atoms with van der Waals surface area (Å²) in [6.45, 7) is 4.10. The van der Waals surface area contributed by atoms with Crippen LogP contribution in [0, 0.1) is 17.5 Å². The van der Waals surface area contributed by atoms with E-state index in [4.69, 9.17) is 9.47 Å². The quantitative estimate of drug-likeness (QED) is 0.187. The molecule has 0 spiro atoms. The van der Waals surface area contributed by atoms with Crippen molar-refractivity contribution in [1.29, 1.82) is 0 Å². The Bertz CT molecular complexity index is 1330. The van der Waals surface area contributed by atoms with E-state index in [2.05, 4.69) is 19.1 Å². The van der Waals surface area contributed by atoms with Gasteiger partial charge in [-0.15, -0.1) is 0 Å². The Balaban J connectivity index is 1.48. The van der Waals surface area contributed by atoms with Crippen LogP contribution < -0.4 is 9.47 Å². The summed E-state index contributed by atoms with van der Waals surface area (Å²) in [7, 11) is 0. The molecule has 0 amide bonds. The fourth-order valence-electron chi connectivity index (χ4n) is 4.00. The Hall–Kier alpha value is -4.06. The number of halogens is 3. The molecule has 4 rings (SSSR count). The van der Waals surface area contributed by atoms with Crippen LogP contribution in [0.1, 0.15) is 41.3 Å². The third-order valence-electron chi connectivity index (χ3n) is 5.86. The number of rotatable bonds is 8. The highest BCUT2D eigenvalue weighted by atomic mass is 19.1. The molecule has 0 aliphatic heterocycles. The van der Waals surface area contributed by atoms with Crippen molar-refractivity contribution in [2.75, 3.05) is 6.61 Å². The minimum atomic E-state index is -1.26. The molecular formula is C30H25F3O3. The van der Waals surface area contributed by atoms with E-state index in [9.17, 15) is 18.0 Å². The van der Waals surface area contributed by atoms with E-state index in [1.165, 1.54) is 17.7 Å². The lowest BCUT2D eigenvalue weighted by Gasteiger charge is -2.13. The zero-order valence-electron chi connectivity index (χ0n) is 19.9. The first-order valence-corrected chi connectivity index (χ1v) is 11.6. The number of carbonyl (C=O) groups is 1. The third kappa shape index (κ3) is 5.77. The first-order chi connectivity index (χ1) is 17.4. The van der Waals surface area contributed by atoms with Gasteiger partial charge in [-0.05, 0) is 65.8 Å². The van der Waals surface area contributed by atoms with Crippen molar-refractivity contribution < 1.29 is 27.4 Å². The molecule has 0 heterocycles. The van der Waals surface area contributed by atoms with E-state index in [0.29, 0.717) is 11.5 Å². The summed E-state index contributed by atoms with van der Waals surface area (Å²) in [4.78, 5) is 12.4. The van der Waals surface area contributed by atoms with E-state index in [1.807, 2.05) is 30.3 Å². The smallest absolute Gasteiger partial charge is 0.349 e. The summed E-state index contributed by atoms with van der Waals surface area (Å²) >= 11 is 0. The molecule has 1 atom stereocenters. The molecule has 1 unspecified atom stereocenters. The van der Waals surface area contributed by atoms with Crippen molar-refractivity contribution >= 4 is 5.97 Å². The predicted molar refractivity (Wildman–Crippen MR) is 133 cm³/mol. The van der Waals surface area contributed by atoms with Crippen LogP contribution >= 0.6 is 0 Å². The fourth-order valence-corrected chi connectivity index (χ4v) is 4.00. The van der Waals surface area contributed by atoms with Crippen molar-refractivity contribution in [3.05, 3.63) is 119 Å². The highest BCUT2D eigenvalue weighted by molar-refractivity contribution is 5.92. The van der Waals surface area contributed by atoms with Gasteiger partial charge in [0.1, 0.15) is 22.9 Å². The van der Waals surface area contributed by atoms with Gasteiger partial charge < -0.3 is 9.47 Å². The second kappa shape index (κ2) is 11.1. The molecule has 184 valence electrons. The number of ether oxygens (including phenoxy) is 2. The van der Waals surface area contributed by atoms with Gasteiger partial charge in [0.25, 0.3) is 0 Å². The molecule has 0 radical (unpaired) electrons. The van der Waals surface area contributed by atoms with Gasteiger partial charge in [-0.1, -0.05) is 61.5 Å². The van der Waals surface area contributed by atoms with E-state index >= 15 is 0 Å². The molecule has 4 aromatic rings. The monoisotopic (exact) mass is 490 g/mol. The second-order valence-electron chi connectivity index (χ2n) is 8.44. The Morgan fingerprint density at radius 1 is 0.806 bits per heavy atom. The topological polar surface area (TPSA) is 35.5 Å². The van der Waals surface area contributed by atoms with E-state index in [-0.39, 0.29) is 23.7 Å². The largest absolute Gasteiger partial charge is 0.491 e. The van der Waals surface area contributed by atoms with Crippen molar-refractivity contribution in [2.45, 2.75) is 26.2 Å². The normalized spacial score (nSPS) is 11.7. The third-order valence-corrected chi connectivity index (χ3v) is 5.86. The lowest BCUT2D eigenvalue weighted by atomic mass is 9.93. The maximum absolute atomic E-state index is 14.8. The molecule has 0 aromatic heterocycles. The summed E-state index contributed by atoms with van der Waals surface area (Å²) < 4.78 is 53.7. The second-order valence-corrected chi connectivity index (χ2v) is 8.44. The number of benzene rings is 4. The Kier molecular flexibility index (Phi) is 7.74. The number of esters is 1. The molecule has 0 aliphatic rings. The molecule has 6 heteroatoms. The minimum Gasteiger partial charge on any atom is -0.491 e. The molecule has 0 saturated carbocycles. The molecule has 0 bridgehead atoms. The first-order valence-electron chi connectivity index (χ1n) is 11.6. The molecule has 4 aromatic carbocycles. The van der Waals surface area contributed by atoms with Gasteiger partial charge in [-0.25, -0.2) is 18.0 Å². The Labute approximate surface area is 208 Å². The standard InChI is InChI=1S/C30H25F3O3/c1-3-35-28-14-13-24(18-25(28)31)36-30(34)29-26(32)16-23(17-27(29)33)22-11-9-20(10-12-22)15-19(2)21-7-5-4-6-8-21/h4-14,16-19H,3,15H2,1-2H3. The van der Waals surface area contributed by atoms with Gasteiger partial charge in [-0.2, -0.15) is 0 Å². The summed E-state index contributed by atoms with van der Waals surface area (Å²) in [5.74, 6) is -4.03. The van der Waals surface area contributed by atoms with Crippen LogP contribution in [0.3, 0.4) is 0 Å². The first kappa shape index (κ1) is 25.0. The predicted octanol–water partition coefficient (Wildman–Crippen LogP) is 7.74. The Morgan fingerprint density at radius 2 is 1.47 bits per heavy atom. The van der Waals surface area contributed by atoms with E-state index < -0.39 is 29.0 Å². The zero-order chi connectivity index (χ0) is 25.7. The Morgan fingerprint density at radius 3 is 2.08 bits per heavy atom. The van der Waals surface area contributed by atoms with Crippen LogP contribution in [0.15, 0.2) is 84.9 Å². The molecule has 0 fully saturated rings. The van der Waals surface area contributed by atoms with Gasteiger partial charge >= 0.3 is 5.97 Å². The van der Waals surface area contributed by atoms with Crippen molar-refractivity contribution in [3.8, 4) is 22.6 Å². The summed E-state index contributed by atoms with van der Waals surface area (Å²) in [5, 5.41) is 0. The van der Waals surface area contributed by atoms with E-state index in [1.54, 1.807) is 19.1 Å². The van der Waals surface area contributed by atoms with Crippen molar-refractivity contribution in [2.24, 2.45) is 0 Å². The maximum Gasteiger partial charge on any atom is 0.349 e. The molecule has 0 aliphatic carbocycles. The van der Waals surface area contributed by atoms with Crippen molar-refractivity contribution in [1.82, 2.24) is 0 Å². The van der Waals surface area contributed by atoms with Crippen LogP contribution in [0.4, 0.5) is 13.2 Å². The van der Waals surface area contributed by atoms with Gasteiger partial charge in [0.2, 0.25) is 0 Å². The molecular weight excluding hydrogens is 465 g/mol. The van der Waals surface area contributed by atoms with Crippen molar-refractivity contribution in [3.63, 3.8) is 0 Å². The minimum absolute atomic E-state index is 0.0143. The number of hydrogen-bond donors (Lipinski definition) is 0. The lowest BCUT2D eigenvalue weighted by Crippen LogP contribution is -2.13. The zero-order valence-corrected chi connectivity index (χ0v) is 19.9. The molecule has 3 nitrogen and oxygen atoms in total. The molecule has 0 N–H and O–H groups in total. The van der Waals surface area contributed by atoms with Gasteiger partial charge in [0, 0.05) is 6.07 Å². The van der Waals surface area contributed by atoms with Gasteiger partial charge in [-0.3, -0.25) is 0 Å². The van der Waals surface area contributed by atoms with Crippen LogP contribution in [-0.4, -0.2) is 12.6 Å².